The Kier molecular flexibility index (Phi) is 5.05. The van der Waals surface area contributed by atoms with Gasteiger partial charge in [0.15, 0.2) is 5.82 Å². The Bertz CT molecular complexity index is 1140. The molecule has 32 heavy (non-hydrogen) atoms. The Balaban J connectivity index is 1.21. The summed E-state index contributed by atoms with van der Waals surface area (Å²) in [5, 5.41) is 2.82. The maximum Gasteiger partial charge on any atom is 0.339 e. The van der Waals surface area contributed by atoms with E-state index in [1.54, 1.807) is 42.8 Å². The topological polar surface area (TPSA) is 97.3 Å². The number of carbonyl (C=O) groups excluding carboxylic acids is 2. The summed E-state index contributed by atoms with van der Waals surface area (Å²) in [6.45, 7) is 0. The summed E-state index contributed by atoms with van der Waals surface area (Å²) >= 11 is 0. The molecule has 1 saturated carbocycles. The highest BCUT2D eigenvalue weighted by Crippen LogP contribution is 2.47. The van der Waals surface area contributed by atoms with Crippen LogP contribution in [0.4, 0.5) is 10.6 Å². The van der Waals surface area contributed by atoms with E-state index in [-0.39, 0.29) is 18.0 Å². The molecular weight excluding hydrogens is 406 g/mol. The second kappa shape index (κ2) is 8.03. The van der Waals surface area contributed by atoms with Gasteiger partial charge in [-0.25, -0.2) is 14.6 Å². The number of anilines is 1. The maximum absolute atomic E-state index is 12.8. The standard InChI is InChI=1S/C24H23N5O3/c1-29(23(31)28-21-15-26-20(14-27-21)16-5-3-2-4-6-16)17-7-10-24(11-8-17)19-13-25-12-9-18(19)22(30)32-24/h2-6,9,12-15,17H,7-8,10-11H2,1H3,(H,27,28,31). The first-order chi connectivity index (χ1) is 15.6. The lowest BCUT2D eigenvalue weighted by Gasteiger charge is -2.39. The van der Waals surface area contributed by atoms with Crippen molar-refractivity contribution in [2.45, 2.75) is 37.3 Å². The number of esters is 1. The number of benzene rings is 1. The number of ether oxygens (including phenoxy) is 1. The number of urea groups is 1. The van der Waals surface area contributed by atoms with Crippen LogP contribution in [0.15, 0.2) is 61.2 Å². The van der Waals surface area contributed by atoms with Crippen LogP contribution in [0.2, 0.25) is 0 Å². The van der Waals surface area contributed by atoms with Gasteiger partial charge >= 0.3 is 12.0 Å². The van der Waals surface area contributed by atoms with E-state index in [9.17, 15) is 9.59 Å². The second-order valence-corrected chi connectivity index (χ2v) is 8.23. The molecule has 1 aliphatic heterocycles. The van der Waals surface area contributed by atoms with Gasteiger partial charge in [-0.2, -0.15) is 0 Å². The molecule has 2 amide bonds. The predicted molar refractivity (Wildman–Crippen MR) is 118 cm³/mol. The van der Waals surface area contributed by atoms with Crippen LogP contribution >= 0.6 is 0 Å². The third-order valence-corrected chi connectivity index (χ3v) is 6.41. The molecular formula is C24H23N5O3. The Morgan fingerprint density at radius 1 is 1.09 bits per heavy atom. The third kappa shape index (κ3) is 3.57. The van der Waals surface area contributed by atoms with Crippen molar-refractivity contribution in [2.24, 2.45) is 0 Å². The molecule has 1 aliphatic carbocycles. The molecule has 5 rings (SSSR count). The monoisotopic (exact) mass is 429 g/mol. The van der Waals surface area contributed by atoms with E-state index in [2.05, 4.69) is 20.3 Å². The summed E-state index contributed by atoms with van der Waals surface area (Å²) in [6.07, 6.45) is 9.32. The number of nitrogens with zero attached hydrogens (tertiary/aromatic N) is 4. The van der Waals surface area contributed by atoms with Crippen LogP contribution < -0.4 is 5.32 Å². The Labute approximate surface area is 185 Å². The fourth-order valence-corrected chi connectivity index (χ4v) is 4.56. The number of rotatable bonds is 3. The Morgan fingerprint density at radius 3 is 2.59 bits per heavy atom. The van der Waals surface area contributed by atoms with Gasteiger partial charge in [-0.05, 0) is 31.7 Å². The summed E-state index contributed by atoms with van der Waals surface area (Å²) < 4.78 is 5.78. The van der Waals surface area contributed by atoms with E-state index in [0.717, 1.165) is 29.7 Å². The van der Waals surface area contributed by atoms with Crippen LogP contribution in [-0.4, -0.2) is 44.9 Å². The first kappa shape index (κ1) is 20.1. The van der Waals surface area contributed by atoms with Crippen molar-refractivity contribution in [2.75, 3.05) is 12.4 Å². The van der Waals surface area contributed by atoms with E-state index in [4.69, 9.17) is 4.74 Å². The molecule has 1 spiro atoms. The fraction of sp³-hybridized carbons (Fsp3) is 0.292. The van der Waals surface area contributed by atoms with Gasteiger partial charge in [0.05, 0.1) is 23.7 Å². The minimum absolute atomic E-state index is 0.0385. The van der Waals surface area contributed by atoms with Gasteiger partial charge in [0.2, 0.25) is 0 Å². The van der Waals surface area contributed by atoms with Crippen molar-refractivity contribution in [3.63, 3.8) is 0 Å². The number of fused-ring (bicyclic) bond motifs is 2. The van der Waals surface area contributed by atoms with Gasteiger partial charge in [0.1, 0.15) is 5.60 Å². The summed E-state index contributed by atoms with van der Waals surface area (Å²) in [4.78, 5) is 39.6. The quantitative estimate of drug-likeness (QED) is 0.632. The number of amides is 2. The van der Waals surface area contributed by atoms with Crippen molar-refractivity contribution in [1.82, 2.24) is 19.9 Å². The Hall–Kier alpha value is -3.81. The van der Waals surface area contributed by atoms with Crippen molar-refractivity contribution < 1.29 is 14.3 Å². The van der Waals surface area contributed by atoms with Crippen LogP contribution in [0.3, 0.4) is 0 Å². The highest BCUT2D eigenvalue weighted by Gasteiger charge is 2.48. The van der Waals surface area contributed by atoms with E-state index in [1.165, 1.54) is 0 Å². The van der Waals surface area contributed by atoms with E-state index in [1.807, 2.05) is 30.3 Å². The molecule has 3 aromatic rings. The maximum atomic E-state index is 12.8. The zero-order valence-corrected chi connectivity index (χ0v) is 17.7. The molecule has 0 atom stereocenters. The highest BCUT2D eigenvalue weighted by molar-refractivity contribution is 5.94. The molecule has 8 nitrogen and oxygen atoms in total. The van der Waals surface area contributed by atoms with Crippen molar-refractivity contribution in [3.05, 3.63) is 72.3 Å². The van der Waals surface area contributed by atoms with Crippen LogP contribution in [0, 0.1) is 0 Å². The average molecular weight is 429 g/mol. The molecule has 1 N–H and O–H groups in total. The number of pyridine rings is 1. The molecule has 8 heteroatoms. The van der Waals surface area contributed by atoms with Gasteiger partial charge in [0, 0.05) is 36.6 Å². The number of nitrogens with one attached hydrogen (secondary N) is 1. The minimum Gasteiger partial charge on any atom is -0.450 e. The Morgan fingerprint density at radius 2 is 1.88 bits per heavy atom. The van der Waals surface area contributed by atoms with Crippen molar-refractivity contribution >= 4 is 17.8 Å². The number of carbonyl (C=O) groups is 2. The molecule has 0 saturated heterocycles. The van der Waals surface area contributed by atoms with Gasteiger partial charge < -0.3 is 9.64 Å². The lowest BCUT2D eigenvalue weighted by molar-refractivity contribution is -0.0374. The lowest BCUT2D eigenvalue weighted by atomic mass is 9.77. The minimum atomic E-state index is -0.618. The van der Waals surface area contributed by atoms with Crippen molar-refractivity contribution in [1.29, 1.82) is 0 Å². The molecule has 2 aliphatic rings. The fourth-order valence-electron chi connectivity index (χ4n) is 4.56. The summed E-state index contributed by atoms with van der Waals surface area (Å²) in [7, 11) is 1.78. The van der Waals surface area contributed by atoms with Gasteiger partial charge in [-0.15, -0.1) is 0 Å². The van der Waals surface area contributed by atoms with Crippen LogP contribution in [0.25, 0.3) is 11.3 Å². The highest BCUT2D eigenvalue weighted by atomic mass is 16.6. The van der Waals surface area contributed by atoms with E-state index in [0.29, 0.717) is 24.2 Å². The molecule has 3 heterocycles. The van der Waals surface area contributed by atoms with E-state index >= 15 is 0 Å². The van der Waals surface area contributed by atoms with Crippen molar-refractivity contribution in [3.8, 4) is 11.3 Å². The summed E-state index contributed by atoms with van der Waals surface area (Å²) in [5.74, 6) is 0.114. The summed E-state index contributed by atoms with van der Waals surface area (Å²) in [6, 6.07) is 11.3. The normalized spacial score (nSPS) is 21.7. The zero-order valence-electron chi connectivity index (χ0n) is 17.7. The predicted octanol–water partition coefficient (Wildman–Crippen LogP) is 4.01. The number of hydrogen-bond donors (Lipinski definition) is 1. The van der Waals surface area contributed by atoms with Crippen LogP contribution in [0.5, 0.6) is 0 Å². The molecule has 0 bridgehead atoms. The number of hydrogen-bond acceptors (Lipinski definition) is 6. The molecule has 1 aromatic carbocycles. The number of aromatic nitrogens is 3. The van der Waals surface area contributed by atoms with E-state index < -0.39 is 5.60 Å². The average Bonchev–Trinajstić information content (AvgIpc) is 3.11. The zero-order chi connectivity index (χ0) is 22.1. The summed E-state index contributed by atoms with van der Waals surface area (Å²) in [5.41, 5.74) is 2.56. The molecule has 0 radical (unpaired) electrons. The van der Waals surface area contributed by atoms with Gasteiger partial charge in [-0.1, -0.05) is 30.3 Å². The van der Waals surface area contributed by atoms with Crippen LogP contribution in [0.1, 0.15) is 41.6 Å². The largest absolute Gasteiger partial charge is 0.450 e. The first-order valence-corrected chi connectivity index (χ1v) is 10.6. The SMILES string of the molecule is CN(C(=O)Nc1cnc(-c2ccccc2)cn1)C1CCC2(CC1)OC(=O)c1ccncc12. The van der Waals surface area contributed by atoms with Gasteiger partial charge in [0.25, 0.3) is 0 Å². The molecule has 0 unspecified atom stereocenters. The second-order valence-electron chi connectivity index (χ2n) is 8.23. The van der Waals surface area contributed by atoms with Gasteiger partial charge in [-0.3, -0.25) is 15.3 Å². The smallest absolute Gasteiger partial charge is 0.339 e. The molecule has 2 aromatic heterocycles. The lowest BCUT2D eigenvalue weighted by Crippen LogP contribution is -2.45. The first-order valence-electron chi connectivity index (χ1n) is 10.6. The third-order valence-electron chi connectivity index (χ3n) is 6.41. The van der Waals surface area contributed by atoms with Crippen LogP contribution in [-0.2, 0) is 10.3 Å². The molecule has 1 fully saturated rings. The molecule has 162 valence electrons.